The van der Waals surface area contributed by atoms with Gasteiger partial charge in [-0.3, -0.25) is 4.79 Å². The molecule has 0 fully saturated rings. The zero-order valence-electron chi connectivity index (χ0n) is 6.93. The minimum atomic E-state index is -0.882. The molecule has 0 bridgehead atoms. The molecule has 0 saturated heterocycles. The Morgan fingerprint density at radius 3 is 2.92 bits per heavy atom. The molecule has 13 heavy (non-hydrogen) atoms. The monoisotopic (exact) mass is 201 g/mol. The molecule has 0 spiro atoms. The van der Waals surface area contributed by atoms with Crippen LogP contribution in [0.15, 0.2) is 5.38 Å². The summed E-state index contributed by atoms with van der Waals surface area (Å²) in [5.41, 5.74) is 10.9. The zero-order valence-corrected chi connectivity index (χ0v) is 7.75. The molecular formula is C7H11N3O2S. The molecule has 0 aliphatic heterocycles. The SMILES string of the molecule is NCc1nc(C(=O)[C@H](N)CO)cs1. The molecular weight excluding hydrogens is 190 g/mol. The summed E-state index contributed by atoms with van der Waals surface area (Å²) in [6.45, 7) is -0.0549. The number of thiazole rings is 1. The number of rotatable bonds is 4. The number of Topliss-reactive ketones (excluding diaryl/α,β-unsaturated/α-hetero) is 1. The molecule has 0 saturated carbocycles. The van der Waals surface area contributed by atoms with E-state index in [-0.39, 0.29) is 18.1 Å². The lowest BCUT2D eigenvalue weighted by Gasteiger charge is -2.02. The van der Waals surface area contributed by atoms with Crippen molar-refractivity contribution in [2.45, 2.75) is 12.6 Å². The largest absolute Gasteiger partial charge is 0.394 e. The van der Waals surface area contributed by atoms with Crippen LogP contribution >= 0.6 is 11.3 Å². The van der Waals surface area contributed by atoms with Crippen LogP contribution in [0.1, 0.15) is 15.5 Å². The van der Waals surface area contributed by atoms with Crippen LogP contribution in [0.4, 0.5) is 0 Å². The van der Waals surface area contributed by atoms with Gasteiger partial charge in [-0.25, -0.2) is 4.98 Å². The predicted molar refractivity (Wildman–Crippen MR) is 49.4 cm³/mol. The number of aliphatic hydroxyl groups is 1. The number of carbonyl (C=O) groups excluding carboxylic acids is 1. The first-order valence-electron chi connectivity index (χ1n) is 3.74. The summed E-state index contributed by atoms with van der Waals surface area (Å²) in [5, 5.41) is 10.9. The number of hydrogen-bond donors (Lipinski definition) is 3. The Morgan fingerprint density at radius 1 is 1.77 bits per heavy atom. The van der Waals surface area contributed by atoms with E-state index in [0.29, 0.717) is 11.6 Å². The van der Waals surface area contributed by atoms with Crippen molar-refractivity contribution in [2.24, 2.45) is 11.5 Å². The highest BCUT2D eigenvalue weighted by atomic mass is 32.1. The molecule has 1 aromatic rings. The standard InChI is InChI=1S/C7H11N3O2S/c8-1-6-10-5(3-13-6)7(12)4(9)2-11/h3-4,11H,1-2,8-9H2/t4-/m1/s1. The van der Waals surface area contributed by atoms with Crippen molar-refractivity contribution in [1.29, 1.82) is 0 Å². The van der Waals surface area contributed by atoms with Crippen LogP contribution in [0, 0.1) is 0 Å². The van der Waals surface area contributed by atoms with Gasteiger partial charge in [0.25, 0.3) is 0 Å². The first-order valence-corrected chi connectivity index (χ1v) is 4.62. The second kappa shape index (κ2) is 4.43. The van der Waals surface area contributed by atoms with Gasteiger partial charge in [0.15, 0.2) is 0 Å². The minimum absolute atomic E-state index is 0.284. The Labute approximate surface area is 79.4 Å². The van der Waals surface area contributed by atoms with Gasteiger partial charge in [0.2, 0.25) is 5.78 Å². The van der Waals surface area contributed by atoms with Crippen molar-refractivity contribution >= 4 is 17.1 Å². The van der Waals surface area contributed by atoms with Crippen LogP contribution in [0.3, 0.4) is 0 Å². The first kappa shape index (κ1) is 10.3. The summed E-state index contributed by atoms with van der Waals surface area (Å²) in [6, 6.07) is -0.882. The third kappa shape index (κ3) is 2.31. The molecule has 1 heterocycles. The van der Waals surface area contributed by atoms with Crippen LogP contribution in [0.5, 0.6) is 0 Å². The summed E-state index contributed by atoms with van der Waals surface area (Å²) in [6.07, 6.45) is 0. The highest BCUT2D eigenvalue weighted by Gasteiger charge is 2.17. The molecule has 0 amide bonds. The number of carbonyl (C=O) groups is 1. The van der Waals surface area contributed by atoms with Gasteiger partial charge in [0, 0.05) is 11.9 Å². The maximum Gasteiger partial charge on any atom is 0.201 e. The zero-order chi connectivity index (χ0) is 9.84. The smallest absolute Gasteiger partial charge is 0.201 e. The number of ketones is 1. The Balaban J connectivity index is 2.77. The summed E-state index contributed by atoms with van der Waals surface area (Å²) in [7, 11) is 0. The van der Waals surface area contributed by atoms with E-state index in [9.17, 15) is 4.79 Å². The van der Waals surface area contributed by atoms with Crippen molar-refractivity contribution in [3.63, 3.8) is 0 Å². The van der Waals surface area contributed by atoms with Gasteiger partial charge in [0.05, 0.1) is 12.6 Å². The predicted octanol–water partition coefficient (Wildman–Crippen LogP) is -0.896. The third-order valence-electron chi connectivity index (χ3n) is 1.51. The van der Waals surface area contributed by atoms with Gasteiger partial charge in [0.1, 0.15) is 10.7 Å². The van der Waals surface area contributed by atoms with Crippen molar-refractivity contribution in [3.05, 3.63) is 16.1 Å². The lowest BCUT2D eigenvalue weighted by molar-refractivity contribution is 0.0921. The second-order valence-electron chi connectivity index (χ2n) is 2.48. The van der Waals surface area contributed by atoms with Crippen molar-refractivity contribution in [2.75, 3.05) is 6.61 Å². The molecule has 1 rings (SSSR count). The molecule has 72 valence electrons. The average molecular weight is 201 g/mol. The Hall–Kier alpha value is -0.820. The summed E-state index contributed by atoms with van der Waals surface area (Å²) < 4.78 is 0. The molecule has 5 N–H and O–H groups in total. The molecule has 1 atom stereocenters. The van der Waals surface area contributed by atoms with Gasteiger partial charge in [-0.1, -0.05) is 0 Å². The summed E-state index contributed by atoms with van der Waals surface area (Å²) >= 11 is 1.31. The molecule has 0 radical (unpaired) electrons. The summed E-state index contributed by atoms with van der Waals surface area (Å²) in [4.78, 5) is 15.3. The first-order chi connectivity index (χ1) is 6.19. The molecule has 5 nitrogen and oxygen atoms in total. The fraction of sp³-hybridized carbons (Fsp3) is 0.429. The number of hydrogen-bond acceptors (Lipinski definition) is 6. The Bertz CT molecular complexity index is 300. The topological polar surface area (TPSA) is 102 Å². The fourth-order valence-electron chi connectivity index (χ4n) is 0.791. The molecule has 0 aromatic carbocycles. The summed E-state index contributed by atoms with van der Waals surface area (Å²) in [5.74, 6) is -0.349. The lowest BCUT2D eigenvalue weighted by Crippen LogP contribution is -2.34. The molecule has 1 aromatic heterocycles. The van der Waals surface area contributed by atoms with E-state index in [4.69, 9.17) is 16.6 Å². The van der Waals surface area contributed by atoms with Crippen molar-refractivity contribution < 1.29 is 9.90 Å². The maximum absolute atomic E-state index is 11.3. The van der Waals surface area contributed by atoms with Gasteiger partial charge < -0.3 is 16.6 Å². The van der Waals surface area contributed by atoms with Crippen molar-refractivity contribution in [3.8, 4) is 0 Å². The van der Waals surface area contributed by atoms with Gasteiger partial charge in [-0.15, -0.1) is 11.3 Å². The number of aromatic nitrogens is 1. The quantitative estimate of drug-likeness (QED) is 0.548. The van der Waals surface area contributed by atoms with E-state index in [1.165, 1.54) is 11.3 Å². The molecule has 6 heteroatoms. The van der Waals surface area contributed by atoms with E-state index in [1.807, 2.05) is 0 Å². The third-order valence-corrected chi connectivity index (χ3v) is 2.38. The molecule has 0 aliphatic carbocycles. The van der Waals surface area contributed by atoms with E-state index >= 15 is 0 Å². The van der Waals surface area contributed by atoms with Crippen LogP contribution in [0.2, 0.25) is 0 Å². The average Bonchev–Trinajstić information content (AvgIpc) is 2.63. The second-order valence-corrected chi connectivity index (χ2v) is 3.43. The lowest BCUT2D eigenvalue weighted by atomic mass is 10.2. The van der Waals surface area contributed by atoms with Crippen LogP contribution < -0.4 is 11.5 Å². The fourth-order valence-corrected chi connectivity index (χ4v) is 1.45. The molecule has 0 unspecified atom stereocenters. The minimum Gasteiger partial charge on any atom is -0.394 e. The van der Waals surface area contributed by atoms with Crippen molar-refractivity contribution in [1.82, 2.24) is 4.98 Å². The van der Waals surface area contributed by atoms with Crippen LogP contribution in [0.25, 0.3) is 0 Å². The van der Waals surface area contributed by atoms with E-state index in [1.54, 1.807) is 5.38 Å². The normalized spacial score (nSPS) is 12.8. The van der Waals surface area contributed by atoms with E-state index in [2.05, 4.69) is 4.98 Å². The number of nitrogens with two attached hydrogens (primary N) is 2. The Kier molecular flexibility index (Phi) is 3.49. The van der Waals surface area contributed by atoms with E-state index < -0.39 is 6.04 Å². The highest BCUT2D eigenvalue weighted by molar-refractivity contribution is 7.09. The maximum atomic E-state index is 11.3. The number of aliphatic hydroxyl groups excluding tert-OH is 1. The Morgan fingerprint density at radius 2 is 2.46 bits per heavy atom. The van der Waals surface area contributed by atoms with E-state index in [0.717, 1.165) is 0 Å². The van der Waals surface area contributed by atoms with Crippen LogP contribution in [-0.4, -0.2) is 28.5 Å². The van der Waals surface area contributed by atoms with Gasteiger partial charge in [-0.05, 0) is 0 Å². The molecule has 0 aliphatic rings. The van der Waals surface area contributed by atoms with Crippen LogP contribution in [-0.2, 0) is 6.54 Å². The van der Waals surface area contributed by atoms with Gasteiger partial charge in [-0.2, -0.15) is 0 Å². The number of nitrogens with zero attached hydrogens (tertiary/aromatic N) is 1. The highest BCUT2D eigenvalue weighted by Crippen LogP contribution is 2.10. The van der Waals surface area contributed by atoms with Gasteiger partial charge >= 0.3 is 0 Å².